The van der Waals surface area contributed by atoms with Crippen LogP contribution in [-0.4, -0.2) is 12.6 Å². The average Bonchev–Trinajstić information content (AvgIpc) is 2.67. The van der Waals surface area contributed by atoms with E-state index in [9.17, 15) is 0 Å². The highest BCUT2D eigenvalue weighted by Crippen LogP contribution is 2.26. The summed E-state index contributed by atoms with van der Waals surface area (Å²) in [5, 5.41) is 3.64. The van der Waals surface area contributed by atoms with E-state index in [1.54, 1.807) is 5.57 Å². The minimum Gasteiger partial charge on any atom is -0.310 e. The van der Waals surface area contributed by atoms with Gasteiger partial charge in [0.2, 0.25) is 0 Å². The molecule has 0 aromatic carbocycles. The first-order valence-electron chi connectivity index (χ1n) is 6.21. The molecule has 1 aliphatic carbocycles. The van der Waals surface area contributed by atoms with Crippen molar-refractivity contribution < 1.29 is 0 Å². The Bertz CT molecular complexity index is 184. The summed E-state index contributed by atoms with van der Waals surface area (Å²) in [7, 11) is 0. The lowest BCUT2D eigenvalue weighted by Gasteiger charge is -2.26. The molecule has 1 heteroatoms. The number of allylic oxidation sites excluding steroid dienone is 1. The standard InChI is InChI=1S/C13H25N/c1-4-8-11(3)13(14-5-2)12-9-6-7-10-12/h9,11,13-14H,4-8,10H2,1-3H3. The fourth-order valence-electron chi connectivity index (χ4n) is 2.52. The minimum atomic E-state index is 0.655. The summed E-state index contributed by atoms with van der Waals surface area (Å²) in [6, 6.07) is 0.655. The predicted molar refractivity (Wildman–Crippen MR) is 63.5 cm³/mol. The third-order valence-electron chi connectivity index (χ3n) is 3.21. The third kappa shape index (κ3) is 3.13. The maximum atomic E-state index is 3.64. The van der Waals surface area contributed by atoms with Crippen LogP contribution in [0, 0.1) is 5.92 Å². The number of likely N-dealkylation sites (N-methyl/N-ethyl adjacent to an activating group) is 1. The fourth-order valence-corrected chi connectivity index (χ4v) is 2.52. The number of rotatable bonds is 6. The lowest BCUT2D eigenvalue weighted by Crippen LogP contribution is -2.36. The molecule has 0 saturated heterocycles. The molecule has 0 aromatic rings. The molecule has 2 atom stereocenters. The van der Waals surface area contributed by atoms with Crippen LogP contribution in [0.25, 0.3) is 0 Å². The fraction of sp³-hybridized carbons (Fsp3) is 0.846. The van der Waals surface area contributed by atoms with E-state index in [0.717, 1.165) is 12.5 Å². The second-order valence-electron chi connectivity index (χ2n) is 4.47. The van der Waals surface area contributed by atoms with Gasteiger partial charge in [0.1, 0.15) is 0 Å². The van der Waals surface area contributed by atoms with Gasteiger partial charge in [-0.05, 0) is 38.1 Å². The zero-order valence-electron chi connectivity index (χ0n) is 9.97. The molecule has 0 radical (unpaired) electrons. The van der Waals surface area contributed by atoms with Gasteiger partial charge in [-0.3, -0.25) is 0 Å². The highest BCUT2D eigenvalue weighted by Gasteiger charge is 2.21. The molecule has 0 aliphatic heterocycles. The summed E-state index contributed by atoms with van der Waals surface area (Å²) in [6.07, 6.45) is 9.10. The van der Waals surface area contributed by atoms with Crippen molar-refractivity contribution in [1.82, 2.24) is 5.32 Å². The second kappa shape index (κ2) is 6.23. The summed E-state index contributed by atoms with van der Waals surface area (Å²) in [5.74, 6) is 0.796. The summed E-state index contributed by atoms with van der Waals surface area (Å²) < 4.78 is 0. The monoisotopic (exact) mass is 195 g/mol. The van der Waals surface area contributed by atoms with Crippen LogP contribution >= 0.6 is 0 Å². The van der Waals surface area contributed by atoms with Crippen LogP contribution in [0.4, 0.5) is 0 Å². The Labute approximate surface area is 89.0 Å². The molecule has 0 amide bonds. The van der Waals surface area contributed by atoms with Gasteiger partial charge in [-0.1, -0.05) is 38.8 Å². The molecular formula is C13H25N. The Morgan fingerprint density at radius 3 is 2.71 bits per heavy atom. The summed E-state index contributed by atoms with van der Waals surface area (Å²) >= 11 is 0. The largest absolute Gasteiger partial charge is 0.310 e. The molecule has 0 heterocycles. The molecule has 0 aromatic heterocycles. The first-order chi connectivity index (χ1) is 6.79. The zero-order chi connectivity index (χ0) is 10.4. The molecule has 1 rings (SSSR count). The van der Waals surface area contributed by atoms with E-state index in [-0.39, 0.29) is 0 Å². The van der Waals surface area contributed by atoms with E-state index in [1.807, 2.05) is 0 Å². The van der Waals surface area contributed by atoms with E-state index < -0.39 is 0 Å². The van der Waals surface area contributed by atoms with Crippen LogP contribution in [0.15, 0.2) is 11.6 Å². The average molecular weight is 195 g/mol. The van der Waals surface area contributed by atoms with Crippen LogP contribution in [0.1, 0.15) is 52.9 Å². The first kappa shape index (κ1) is 11.8. The third-order valence-corrected chi connectivity index (χ3v) is 3.21. The van der Waals surface area contributed by atoms with Crippen LogP contribution in [0.3, 0.4) is 0 Å². The molecule has 1 N–H and O–H groups in total. The van der Waals surface area contributed by atoms with Gasteiger partial charge in [0.25, 0.3) is 0 Å². The van der Waals surface area contributed by atoms with Gasteiger partial charge in [0, 0.05) is 6.04 Å². The topological polar surface area (TPSA) is 12.0 Å². The molecular weight excluding hydrogens is 170 g/mol. The lowest BCUT2D eigenvalue weighted by atomic mass is 9.90. The molecule has 0 saturated carbocycles. The lowest BCUT2D eigenvalue weighted by molar-refractivity contribution is 0.394. The van der Waals surface area contributed by atoms with Crippen molar-refractivity contribution >= 4 is 0 Å². The maximum absolute atomic E-state index is 3.64. The van der Waals surface area contributed by atoms with Gasteiger partial charge in [-0.15, -0.1) is 0 Å². The van der Waals surface area contributed by atoms with Crippen LogP contribution in [-0.2, 0) is 0 Å². The SMILES string of the molecule is CCCC(C)C(NCC)C1=CCCC1. The Balaban J connectivity index is 2.52. The molecule has 1 aliphatic rings. The Morgan fingerprint density at radius 1 is 1.43 bits per heavy atom. The summed E-state index contributed by atoms with van der Waals surface area (Å²) in [5.41, 5.74) is 1.67. The maximum Gasteiger partial charge on any atom is 0.0305 e. The van der Waals surface area contributed by atoms with Crippen molar-refractivity contribution in [3.63, 3.8) is 0 Å². The molecule has 1 nitrogen and oxygen atoms in total. The number of nitrogens with one attached hydrogen (secondary N) is 1. The highest BCUT2D eigenvalue weighted by atomic mass is 14.9. The zero-order valence-corrected chi connectivity index (χ0v) is 9.97. The van der Waals surface area contributed by atoms with E-state index in [2.05, 4.69) is 32.2 Å². The van der Waals surface area contributed by atoms with Gasteiger partial charge in [-0.25, -0.2) is 0 Å². The molecule has 82 valence electrons. The normalized spacial score (nSPS) is 20.6. The van der Waals surface area contributed by atoms with E-state index in [0.29, 0.717) is 6.04 Å². The van der Waals surface area contributed by atoms with Crippen molar-refractivity contribution in [1.29, 1.82) is 0 Å². The second-order valence-corrected chi connectivity index (χ2v) is 4.47. The minimum absolute atomic E-state index is 0.655. The van der Waals surface area contributed by atoms with Crippen molar-refractivity contribution in [2.75, 3.05) is 6.54 Å². The van der Waals surface area contributed by atoms with Gasteiger partial charge >= 0.3 is 0 Å². The molecule has 0 bridgehead atoms. The van der Waals surface area contributed by atoms with Crippen molar-refractivity contribution in [3.8, 4) is 0 Å². The summed E-state index contributed by atoms with van der Waals surface area (Å²) in [4.78, 5) is 0. The predicted octanol–water partition coefficient (Wildman–Crippen LogP) is 3.51. The Kier molecular flexibility index (Phi) is 5.24. The Morgan fingerprint density at radius 2 is 2.21 bits per heavy atom. The van der Waals surface area contributed by atoms with Crippen LogP contribution in [0.5, 0.6) is 0 Å². The Hall–Kier alpha value is -0.300. The van der Waals surface area contributed by atoms with E-state index in [1.165, 1.54) is 32.1 Å². The summed E-state index contributed by atoms with van der Waals surface area (Å²) in [6.45, 7) is 7.97. The van der Waals surface area contributed by atoms with E-state index >= 15 is 0 Å². The quantitative estimate of drug-likeness (QED) is 0.640. The molecule has 2 unspecified atom stereocenters. The number of hydrogen-bond acceptors (Lipinski definition) is 1. The van der Waals surface area contributed by atoms with Crippen LogP contribution in [0.2, 0.25) is 0 Å². The van der Waals surface area contributed by atoms with Gasteiger partial charge in [-0.2, -0.15) is 0 Å². The van der Waals surface area contributed by atoms with E-state index in [4.69, 9.17) is 0 Å². The molecule has 14 heavy (non-hydrogen) atoms. The first-order valence-corrected chi connectivity index (χ1v) is 6.21. The van der Waals surface area contributed by atoms with Crippen molar-refractivity contribution in [3.05, 3.63) is 11.6 Å². The van der Waals surface area contributed by atoms with Gasteiger partial charge in [0.05, 0.1) is 0 Å². The van der Waals surface area contributed by atoms with Crippen molar-refractivity contribution in [2.24, 2.45) is 5.92 Å². The molecule has 0 spiro atoms. The number of hydrogen-bond donors (Lipinski definition) is 1. The molecule has 0 fully saturated rings. The van der Waals surface area contributed by atoms with Gasteiger partial charge in [0.15, 0.2) is 0 Å². The highest BCUT2D eigenvalue weighted by molar-refractivity contribution is 5.16. The van der Waals surface area contributed by atoms with Crippen LogP contribution < -0.4 is 5.32 Å². The smallest absolute Gasteiger partial charge is 0.0305 e. The van der Waals surface area contributed by atoms with Crippen molar-refractivity contribution in [2.45, 2.75) is 58.9 Å². The van der Waals surface area contributed by atoms with Gasteiger partial charge < -0.3 is 5.32 Å².